The molecule has 0 saturated heterocycles. The molecule has 0 bridgehead atoms. The van der Waals surface area contributed by atoms with E-state index in [2.05, 4.69) is 14.8 Å². The highest BCUT2D eigenvalue weighted by Crippen LogP contribution is 2.11. The molecule has 0 aliphatic rings. The van der Waals surface area contributed by atoms with Gasteiger partial charge in [0.05, 0.1) is 11.0 Å². The predicted octanol–water partition coefficient (Wildman–Crippen LogP) is 1.30. The molecule has 16 heavy (non-hydrogen) atoms. The van der Waals surface area contributed by atoms with Gasteiger partial charge in [-0.25, -0.2) is 4.98 Å². The average Bonchev–Trinajstić information content (AvgIpc) is 2.71. The molecule has 0 atom stereocenters. The molecule has 2 rings (SSSR count). The van der Waals surface area contributed by atoms with Gasteiger partial charge < -0.3 is 9.82 Å². The molecule has 2 aromatic rings. The molecule has 0 amide bonds. The van der Waals surface area contributed by atoms with Gasteiger partial charge in [-0.3, -0.25) is 4.79 Å². The van der Waals surface area contributed by atoms with Crippen molar-refractivity contribution in [1.82, 2.24) is 9.97 Å². The van der Waals surface area contributed by atoms with Crippen LogP contribution >= 0.6 is 0 Å². The van der Waals surface area contributed by atoms with Crippen LogP contribution < -0.4 is 5.90 Å². The quantitative estimate of drug-likeness (QED) is 0.759. The lowest BCUT2D eigenvalue weighted by Crippen LogP contribution is -2.09. The molecule has 84 valence electrons. The van der Waals surface area contributed by atoms with Crippen LogP contribution in [0.3, 0.4) is 0 Å². The Morgan fingerprint density at radius 2 is 2.25 bits per heavy atom. The molecule has 1 aromatic carbocycles. The van der Waals surface area contributed by atoms with E-state index in [-0.39, 0.29) is 0 Å². The lowest BCUT2D eigenvalue weighted by molar-refractivity contribution is -0.144. The van der Waals surface area contributed by atoms with E-state index in [0.717, 1.165) is 16.9 Å². The molecule has 1 heterocycles. The van der Waals surface area contributed by atoms with E-state index in [1.54, 1.807) is 0 Å². The number of carbonyl (C=O) groups is 1. The summed E-state index contributed by atoms with van der Waals surface area (Å²) < 4.78 is 0. The van der Waals surface area contributed by atoms with Crippen molar-refractivity contribution in [3.05, 3.63) is 30.1 Å². The summed E-state index contributed by atoms with van der Waals surface area (Å²) in [5.41, 5.74) is 1.96. The van der Waals surface area contributed by atoms with Crippen LogP contribution in [0.5, 0.6) is 0 Å². The van der Waals surface area contributed by atoms with Crippen LogP contribution in [-0.4, -0.2) is 15.9 Å². The fourth-order valence-electron chi connectivity index (χ4n) is 1.58. The zero-order valence-corrected chi connectivity index (χ0v) is 8.77. The second-order valence-electron chi connectivity index (χ2n) is 3.54. The van der Waals surface area contributed by atoms with Crippen molar-refractivity contribution >= 4 is 17.0 Å². The summed E-state index contributed by atoms with van der Waals surface area (Å²) >= 11 is 0. The second-order valence-corrected chi connectivity index (χ2v) is 3.54. The van der Waals surface area contributed by atoms with Crippen molar-refractivity contribution in [2.24, 2.45) is 5.90 Å². The standard InChI is InChI=1S/C11H13N3O2/c12-16-11(15)7-3-6-10-13-8-4-1-2-5-9(8)14-10/h1-2,4-5H,3,6-7,12H2,(H,13,14). The monoisotopic (exact) mass is 219 g/mol. The Morgan fingerprint density at radius 1 is 1.44 bits per heavy atom. The molecular formula is C11H13N3O2. The van der Waals surface area contributed by atoms with Gasteiger partial charge >= 0.3 is 5.97 Å². The minimum atomic E-state index is -0.392. The smallest absolute Gasteiger partial charge is 0.324 e. The molecule has 0 unspecified atom stereocenters. The predicted molar refractivity (Wildman–Crippen MR) is 59.3 cm³/mol. The number of carbonyl (C=O) groups excluding carboxylic acids is 1. The molecule has 5 nitrogen and oxygen atoms in total. The van der Waals surface area contributed by atoms with Crippen LogP contribution in [0.25, 0.3) is 11.0 Å². The molecule has 5 heteroatoms. The van der Waals surface area contributed by atoms with Gasteiger partial charge in [-0.1, -0.05) is 12.1 Å². The Labute approximate surface area is 92.6 Å². The first-order chi connectivity index (χ1) is 7.79. The van der Waals surface area contributed by atoms with Crippen molar-refractivity contribution in [3.63, 3.8) is 0 Å². The fourth-order valence-corrected chi connectivity index (χ4v) is 1.58. The molecule has 0 fully saturated rings. The Balaban J connectivity index is 1.97. The van der Waals surface area contributed by atoms with E-state index in [1.165, 1.54) is 0 Å². The number of hydrogen-bond donors (Lipinski definition) is 2. The number of nitrogens with zero attached hydrogens (tertiary/aromatic N) is 1. The summed E-state index contributed by atoms with van der Waals surface area (Å²) in [5, 5.41) is 0. The van der Waals surface area contributed by atoms with Crippen molar-refractivity contribution in [1.29, 1.82) is 0 Å². The van der Waals surface area contributed by atoms with E-state index in [1.807, 2.05) is 24.3 Å². The summed E-state index contributed by atoms with van der Waals surface area (Å²) in [4.78, 5) is 22.5. The molecule has 0 saturated carbocycles. The minimum Gasteiger partial charge on any atom is -0.373 e. The van der Waals surface area contributed by atoms with Gasteiger partial charge in [0.2, 0.25) is 0 Å². The maximum Gasteiger partial charge on any atom is 0.324 e. The summed E-state index contributed by atoms with van der Waals surface area (Å²) in [7, 11) is 0. The van der Waals surface area contributed by atoms with E-state index in [9.17, 15) is 4.79 Å². The van der Waals surface area contributed by atoms with E-state index >= 15 is 0 Å². The number of rotatable bonds is 4. The third-order valence-corrected chi connectivity index (χ3v) is 2.36. The van der Waals surface area contributed by atoms with Gasteiger partial charge in [-0.15, -0.1) is 0 Å². The van der Waals surface area contributed by atoms with Gasteiger partial charge in [0.25, 0.3) is 0 Å². The SMILES string of the molecule is NOC(=O)CCCc1nc2ccccc2[nH]1. The Kier molecular flexibility index (Phi) is 3.16. The number of nitrogens with one attached hydrogen (secondary N) is 1. The summed E-state index contributed by atoms with van der Waals surface area (Å²) in [6.07, 6.45) is 1.70. The van der Waals surface area contributed by atoms with Crippen LogP contribution in [0.2, 0.25) is 0 Å². The van der Waals surface area contributed by atoms with E-state index in [4.69, 9.17) is 5.90 Å². The van der Waals surface area contributed by atoms with Crippen LogP contribution in [-0.2, 0) is 16.1 Å². The number of H-pyrrole nitrogens is 1. The molecule has 0 radical (unpaired) electrons. The number of benzene rings is 1. The number of para-hydroxylation sites is 2. The topological polar surface area (TPSA) is 81.0 Å². The first-order valence-electron chi connectivity index (χ1n) is 5.13. The van der Waals surface area contributed by atoms with Crippen LogP contribution in [0, 0.1) is 0 Å². The number of aromatic nitrogens is 2. The van der Waals surface area contributed by atoms with Gasteiger partial charge in [-0.05, 0) is 18.6 Å². The van der Waals surface area contributed by atoms with Crippen molar-refractivity contribution in [3.8, 4) is 0 Å². The van der Waals surface area contributed by atoms with Gasteiger partial charge in [-0.2, -0.15) is 5.90 Å². The van der Waals surface area contributed by atoms with E-state index in [0.29, 0.717) is 19.3 Å². The molecular weight excluding hydrogens is 206 g/mol. The molecule has 1 aromatic heterocycles. The van der Waals surface area contributed by atoms with Crippen LogP contribution in [0.1, 0.15) is 18.7 Å². The Hall–Kier alpha value is -1.88. The summed E-state index contributed by atoms with van der Waals surface area (Å²) in [5.74, 6) is 5.23. The maximum absolute atomic E-state index is 10.8. The van der Waals surface area contributed by atoms with Gasteiger partial charge in [0, 0.05) is 12.8 Å². The zero-order chi connectivity index (χ0) is 11.4. The molecule has 3 N–H and O–H groups in total. The number of aromatic amines is 1. The fraction of sp³-hybridized carbons (Fsp3) is 0.273. The minimum absolute atomic E-state index is 0.313. The third-order valence-electron chi connectivity index (χ3n) is 2.36. The average molecular weight is 219 g/mol. The lowest BCUT2D eigenvalue weighted by Gasteiger charge is -1.96. The zero-order valence-electron chi connectivity index (χ0n) is 8.77. The number of hydrogen-bond acceptors (Lipinski definition) is 4. The van der Waals surface area contributed by atoms with Crippen molar-refractivity contribution in [2.75, 3.05) is 0 Å². The first-order valence-corrected chi connectivity index (χ1v) is 5.13. The van der Waals surface area contributed by atoms with Crippen molar-refractivity contribution in [2.45, 2.75) is 19.3 Å². The van der Waals surface area contributed by atoms with Gasteiger partial charge in [0.1, 0.15) is 5.82 Å². The normalized spacial score (nSPS) is 10.6. The van der Waals surface area contributed by atoms with Crippen molar-refractivity contribution < 1.29 is 9.63 Å². The molecule has 0 aliphatic carbocycles. The second kappa shape index (κ2) is 4.76. The molecule has 0 aliphatic heterocycles. The third kappa shape index (κ3) is 2.38. The molecule has 0 spiro atoms. The first kappa shape index (κ1) is 10.6. The lowest BCUT2D eigenvalue weighted by atomic mass is 10.2. The summed E-state index contributed by atoms with van der Waals surface area (Å²) in [6, 6.07) is 7.82. The Bertz CT molecular complexity index is 460. The van der Waals surface area contributed by atoms with Crippen LogP contribution in [0.4, 0.5) is 0 Å². The number of imidazole rings is 1. The van der Waals surface area contributed by atoms with Gasteiger partial charge in [0.15, 0.2) is 0 Å². The number of fused-ring (bicyclic) bond motifs is 1. The van der Waals surface area contributed by atoms with Crippen LogP contribution in [0.15, 0.2) is 24.3 Å². The van der Waals surface area contributed by atoms with E-state index < -0.39 is 5.97 Å². The number of nitrogens with two attached hydrogens (primary N) is 1. The summed E-state index contributed by atoms with van der Waals surface area (Å²) in [6.45, 7) is 0. The maximum atomic E-state index is 10.8. The highest BCUT2D eigenvalue weighted by Gasteiger charge is 2.04. The highest BCUT2D eigenvalue weighted by molar-refractivity contribution is 5.74. The largest absolute Gasteiger partial charge is 0.373 e. The highest BCUT2D eigenvalue weighted by atomic mass is 16.7. The Morgan fingerprint density at radius 3 is 3.00 bits per heavy atom. The number of aryl methyl sites for hydroxylation is 1.